The molecule has 1 aromatic carbocycles. The monoisotopic (exact) mass is 253 g/mol. The predicted molar refractivity (Wildman–Crippen MR) is 78.2 cm³/mol. The average Bonchev–Trinajstić information content (AvgIpc) is 2.38. The lowest BCUT2D eigenvalue weighted by Crippen LogP contribution is -2.08. The van der Waals surface area contributed by atoms with Crippen LogP contribution in [-0.4, -0.2) is 16.5 Å². The summed E-state index contributed by atoms with van der Waals surface area (Å²) < 4.78 is 0. The molecule has 98 valence electrons. The van der Waals surface area contributed by atoms with Gasteiger partial charge >= 0.3 is 0 Å². The smallest absolute Gasteiger partial charge is 0.223 e. The molecule has 1 aliphatic carbocycles. The van der Waals surface area contributed by atoms with Gasteiger partial charge in [0.15, 0.2) is 0 Å². The van der Waals surface area contributed by atoms with Crippen molar-refractivity contribution < 1.29 is 0 Å². The van der Waals surface area contributed by atoms with Gasteiger partial charge in [0.25, 0.3) is 0 Å². The lowest BCUT2D eigenvalue weighted by Gasteiger charge is -2.26. The normalized spacial score (nSPS) is 15.0. The van der Waals surface area contributed by atoms with E-state index in [2.05, 4.69) is 39.6 Å². The third-order valence-corrected chi connectivity index (χ3v) is 3.75. The molecule has 2 aromatic rings. The molecule has 1 N–H and O–H groups in total. The minimum Gasteiger partial charge on any atom is -0.354 e. The number of hydrogen-bond donors (Lipinski definition) is 1. The second-order valence-electron chi connectivity index (χ2n) is 5.05. The minimum atomic E-state index is 0.703. The van der Waals surface area contributed by atoms with Gasteiger partial charge in [0.05, 0.1) is 5.69 Å². The van der Waals surface area contributed by atoms with Crippen LogP contribution in [0.5, 0.6) is 0 Å². The molecule has 0 saturated heterocycles. The Kier molecular flexibility index (Phi) is 3.45. The molecule has 1 fully saturated rings. The first-order valence-corrected chi connectivity index (χ1v) is 7.04. The molecule has 3 rings (SSSR count). The molecular weight excluding hydrogens is 234 g/mol. The van der Waals surface area contributed by atoms with Crippen molar-refractivity contribution in [1.82, 2.24) is 9.97 Å². The molecule has 0 amide bonds. The molecule has 0 bridgehead atoms. The Balaban J connectivity index is 1.90. The quantitative estimate of drug-likeness (QED) is 0.899. The fraction of sp³-hybridized carbons (Fsp3) is 0.375. The molecule has 1 saturated carbocycles. The van der Waals surface area contributed by atoms with Crippen molar-refractivity contribution in [1.29, 1.82) is 0 Å². The standard InChI is InChI=1S/C16H19N3/c1-2-17-16-18-10-9-15(19-16)14-8-4-7-13(11-14)12-5-3-6-12/h4,7-12H,2-3,5-6H2,1H3,(H,17,18,19). The fourth-order valence-corrected chi connectivity index (χ4v) is 2.46. The van der Waals surface area contributed by atoms with Crippen molar-refractivity contribution in [3.8, 4) is 11.3 Å². The van der Waals surface area contributed by atoms with Crippen molar-refractivity contribution in [2.75, 3.05) is 11.9 Å². The molecule has 1 aliphatic rings. The second-order valence-corrected chi connectivity index (χ2v) is 5.05. The Morgan fingerprint density at radius 2 is 2.16 bits per heavy atom. The van der Waals surface area contributed by atoms with Crippen molar-refractivity contribution in [3.63, 3.8) is 0 Å². The molecule has 0 unspecified atom stereocenters. The van der Waals surface area contributed by atoms with Crippen LogP contribution in [0.3, 0.4) is 0 Å². The summed E-state index contributed by atoms with van der Waals surface area (Å²) in [6, 6.07) is 10.8. The molecule has 19 heavy (non-hydrogen) atoms. The van der Waals surface area contributed by atoms with Crippen LogP contribution in [-0.2, 0) is 0 Å². The molecule has 3 nitrogen and oxygen atoms in total. The van der Waals surface area contributed by atoms with Crippen molar-refractivity contribution >= 4 is 5.95 Å². The van der Waals surface area contributed by atoms with E-state index in [4.69, 9.17) is 0 Å². The van der Waals surface area contributed by atoms with Crippen molar-refractivity contribution in [2.24, 2.45) is 0 Å². The first-order chi connectivity index (χ1) is 9.36. The van der Waals surface area contributed by atoms with E-state index >= 15 is 0 Å². The van der Waals surface area contributed by atoms with Crippen LogP contribution >= 0.6 is 0 Å². The van der Waals surface area contributed by atoms with Gasteiger partial charge in [0.1, 0.15) is 0 Å². The van der Waals surface area contributed by atoms with Gasteiger partial charge in [-0.05, 0) is 43.4 Å². The molecule has 0 atom stereocenters. The van der Waals surface area contributed by atoms with E-state index in [1.165, 1.54) is 30.4 Å². The highest BCUT2D eigenvalue weighted by atomic mass is 15.1. The van der Waals surface area contributed by atoms with Gasteiger partial charge < -0.3 is 5.32 Å². The molecule has 1 aromatic heterocycles. The first kappa shape index (κ1) is 12.2. The van der Waals surface area contributed by atoms with Gasteiger partial charge in [-0.25, -0.2) is 9.97 Å². The molecule has 0 aliphatic heterocycles. The third-order valence-electron chi connectivity index (χ3n) is 3.75. The van der Waals surface area contributed by atoms with Crippen LogP contribution in [0.25, 0.3) is 11.3 Å². The summed E-state index contributed by atoms with van der Waals surface area (Å²) in [5.74, 6) is 1.46. The summed E-state index contributed by atoms with van der Waals surface area (Å²) in [4.78, 5) is 8.77. The summed E-state index contributed by atoms with van der Waals surface area (Å²) in [7, 11) is 0. The summed E-state index contributed by atoms with van der Waals surface area (Å²) in [5.41, 5.74) is 3.63. The zero-order chi connectivity index (χ0) is 13.1. The SMILES string of the molecule is CCNc1nccc(-c2cccc(C3CCC3)c2)n1. The van der Waals surface area contributed by atoms with E-state index in [1.54, 1.807) is 0 Å². The zero-order valence-corrected chi connectivity index (χ0v) is 11.3. The van der Waals surface area contributed by atoms with E-state index in [9.17, 15) is 0 Å². The van der Waals surface area contributed by atoms with Gasteiger partial charge in [-0.3, -0.25) is 0 Å². The third kappa shape index (κ3) is 2.60. The molecule has 0 radical (unpaired) electrons. The summed E-state index contributed by atoms with van der Waals surface area (Å²) >= 11 is 0. The van der Waals surface area contributed by atoms with Crippen LogP contribution in [0, 0.1) is 0 Å². The van der Waals surface area contributed by atoms with Gasteiger partial charge in [-0.2, -0.15) is 0 Å². The first-order valence-electron chi connectivity index (χ1n) is 7.04. The maximum Gasteiger partial charge on any atom is 0.223 e. The van der Waals surface area contributed by atoms with E-state index in [0.717, 1.165) is 18.2 Å². The van der Waals surface area contributed by atoms with Gasteiger partial charge in [-0.1, -0.05) is 24.6 Å². The highest BCUT2D eigenvalue weighted by Gasteiger charge is 2.19. The van der Waals surface area contributed by atoms with Crippen LogP contribution in [0.1, 0.15) is 37.7 Å². The second kappa shape index (κ2) is 5.39. The summed E-state index contributed by atoms with van der Waals surface area (Å²) in [5, 5.41) is 3.16. The van der Waals surface area contributed by atoms with E-state index < -0.39 is 0 Å². The Morgan fingerprint density at radius 1 is 1.26 bits per heavy atom. The predicted octanol–water partition coefficient (Wildman–Crippen LogP) is 3.84. The lowest BCUT2D eigenvalue weighted by atomic mass is 9.79. The van der Waals surface area contributed by atoms with Crippen LogP contribution in [0.4, 0.5) is 5.95 Å². The maximum absolute atomic E-state index is 4.55. The average molecular weight is 253 g/mol. The Labute approximate surface area is 114 Å². The van der Waals surface area contributed by atoms with Crippen molar-refractivity contribution in [3.05, 3.63) is 42.1 Å². The van der Waals surface area contributed by atoms with Crippen LogP contribution in [0.2, 0.25) is 0 Å². The van der Waals surface area contributed by atoms with Crippen molar-refractivity contribution in [2.45, 2.75) is 32.1 Å². The molecular formula is C16H19N3. The number of aromatic nitrogens is 2. The number of hydrogen-bond acceptors (Lipinski definition) is 3. The fourth-order valence-electron chi connectivity index (χ4n) is 2.46. The highest BCUT2D eigenvalue weighted by molar-refractivity contribution is 5.61. The summed E-state index contributed by atoms with van der Waals surface area (Å²) in [6.07, 6.45) is 5.84. The number of rotatable bonds is 4. The lowest BCUT2D eigenvalue weighted by molar-refractivity contribution is 0.420. The number of benzene rings is 1. The number of anilines is 1. The summed E-state index contributed by atoms with van der Waals surface area (Å²) in [6.45, 7) is 2.89. The minimum absolute atomic E-state index is 0.703. The molecule has 3 heteroatoms. The van der Waals surface area contributed by atoms with Crippen LogP contribution < -0.4 is 5.32 Å². The topological polar surface area (TPSA) is 37.8 Å². The van der Waals surface area contributed by atoms with E-state index in [-0.39, 0.29) is 0 Å². The Hall–Kier alpha value is -1.90. The molecule has 0 spiro atoms. The Bertz CT molecular complexity index is 561. The highest BCUT2D eigenvalue weighted by Crippen LogP contribution is 2.37. The largest absolute Gasteiger partial charge is 0.354 e. The number of nitrogens with zero attached hydrogens (tertiary/aromatic N) is 2. The number of nitrogens with one attached hydrogen (secondary N) is 1. The maximum atomic E-state index is 4.55. The van der Waals surface area contributed by atoms with Gasteiger partial charge in [-0.15, -0.1) is 0 Å². The molecule has 1 heterocycles. The zero-order valence-electron chi connectivity index (χ0n) is 11.3. The van der Waals surface area contributed by atoms with Gasteiger partial charge in [0, 0.05) is 18.3 Å². The van der Waals surface area contributed by atoms with Gasteiger partial charge in [0.2, 0.25) is 5.95 Å². The van der Waals surface area contributed by atoms with E-state index in [1.807, 2.05) is 19.2 Å². The van der Waals surface area contributed by atoms with Crippen LogP contribution in [0.15, 0.2) is 36.5 Å². The Morgan fingerprint density at radius 3 is 2.89 bits per heavy atom. The van der Waals surface area contributed by atoms with E-state index in [0.29, 0.717) is 5.95 Å².